The molecule has 2 rings (SSSR count). The number of rotatable bonds is 6. The maximum Gasteiger partial charge on any atom is 0.308 e. The van der Waals surface area contributed by atoms with Crippen LogP contribution in [0.3, 0.4) is 0 Å². The molecule has 0 amide bonds. The third kappa shape index (κ3) is 4.44. The van der Waals surface area contributed by atoms with E-state index in [2.05, 4.69) is 15.5 Å². The van der Waals surface area contributed by atoms with Crippen molar-refractivity contribution in [3.05, 3.63) is 42.1 Å². The van der Waals surface area contributed by atoms with E-state index in [0.29, 0.717) is 22.9 Å². The van der Waals surface area contributed by atoms with Crippen molar-refractivity contribution < 1.29 is 19.0 Å². The van der Waals surface area contributed by atoms with Crippen LogP contribution >= 0.6 is 0 Å². The number of pyridine rings is 1. The molecule has 0 unspecified atom stereocenters. The van der Waals surface area contributed by atoms with Gasteiger partial charge in [-0.1, -0.05) is 6.07 Å². The minimum absolute atomic E-state index is 0.234. The monoisotopic (exact) mass is 315 g/mol. The second kappa shape index (κ2) is 7.79. The van der Waals surface area contributed by atoms with Crippen LogP contribution in [0.2, 0.25) is 0 Å². The summed E-state index contributed by atoms with van der Waals surface area (Å²) >= 11 is 0. The summed E-state index contributed by atoms with van der Waals surface area (Å²) in [5, 5.41) is 4.10. The van der Waals surface area contributed by atoms with Gasteiger partial charge in [-0.15, -0.1) is 0 Å². The first kappa shape index (κ1) is 16.3. The number of methoxy groups -OCH3 is 2. The number of nitrogens with zero attached hydrogens (tertiary/aromatic N) is 2. The standard InChI is InChI=1S/C16H17N3O4/c1-11(20)23-16-13(21-2)8-12(9-14(16)22-3)10-18-19-15-6-4-5-7-17-15/h4-10H,1-3H3,(H,17,19). The van der Waals surface area contributed by atoms with Crippen LogP contribution in [-0.4, -0.2) is 31.4 Å². The summed E-state index contributed by atoms with van der Waals surface area (Å²) in [5.74, 6) is 1.15. The third-order valence-corrected chi connectivity index (χ3v) is 2.79. The zero-order chi connectivity index (χ0) is 16.7. The SMILES string of the molecule is COc1cc(C=NNc2ccccn2)cc(OC)c1OC(C)=O. The van der Waals surface area contributed by atoms with Crippen LogP contribution in [0.4, 0.5) is 5.82 Å². The lowest BCUT2D eigenvalue weighted by Gasteiger charge is -2.13. The highest BCUT2D eigenvalue weighted by Crippen LogP contribution is 2.38. The maximum absolute atomic E-state index is 11.2. The molecule has 0 aliphatic rings. The van der Waals surface area contributed by atoms with E-state index in [4.69, 9.17) is 14.2 Å². The van der Waals surface area contributed by atoms with Crippen molar-refractivity contribution in [3.8, 4) is 17.2 Å². The minimum atomic E-state index is -0.458. The molecule has 7 heteroatoms. The summed E-state index contributed by atoms with van der Waals surface area (Å²) in [4.78, 5) is 15.3. The number of hydrogen-bond donors (Lipinski definition) is 1. The van der Waals surface area contributed by atoms with Crippen LogP contribution < -0.4 is 19.6 Å². The van der Waals surface area contributed by atoms with E-state index >= 15 is 0 Å². The number of hydrazone groups is 1. The van der Waals surface area contributed by atoms with E-state index in [0.717, 1.165) is 0 Å². The van der Waals surface area contributed by atoms with E-state index in [9.17, 15) is 4.79 Å². The quantitative estimate of drug-likeness (QED) is 0.382. The number of ether oxygens (including phenoxy) is 3. The molecule has 0 aliphatic heterocycles. The molecule has 23 heavy (non-hydrogen) atoms. The van der Waals surface area contributed by atoms with Gasteiger partial charge in [0.2, 0.25) is 5.75 Å². The highest BCUT2D eigenvalue weighted by molar-refractivity contribution is 5.83. The molecular formula is C16H17N3O4. The van der Waals surface area contributed by atoms with Gasteiger partial charge in [0.05, 0.1) is 20.4 Å². The molecule has 7 nitrogen and oxygen atoms in total. The summed E-state index contributed by atoms with van der Waals surface area (Å²) in [6.45, 7) is 1.31. The molecule has 0 bridgehead atoms. The molecular weight excluding hydrogens is 298 g/mol. The van der Waals surface area contributed by atoms with Crippen molar-refractivity contribution in [1.82, 2.24) is 4.98 Å². The minimum Gasteiger partial charge on any atom is -0.493 e. The molecule has 1 N–H and O–H groups in total. The maximum atomic E-state index is 11.2. The average molecular weight is 315 g/mol. The second-order valence-corrected chi connectivity index (χ2v) is 4.43. The number of anilines is 1. The molecule has 0 saturated heterocycles. The van der Waals surface area contributed by atoms with Gasteiger partial charge in [0, 0.05) is 18.7 Å². The molecule has 0 atom stereocenters. The highest BCUT2D eigenvalue weighted by atomic mass is 16.6. The predicted molar refractivity (Wildman–Crippen MR) is 86.3 cm³/mol. The lowest BCUT2D eigenvalue weighted by molar-refractivity contribution is -0.132. The van der Waals surface area contributed by atoms with Gasteiger partial charge in [-0.3, -0.25) is 10.2 Å². The van der Waals surface area contributed by atoms with Gasteiger partial charge >= 0.3 is 5.97 Å². The fraction of sp³-hybridized carbons (Fsp3) is 0.188. The van der Waals surface area contributed by atoms with E-state index in [1.54, 1.807) is 30.6 Å². The van der Waals surface area contributed by atoms with E-state index in [1.807, 2.05) is 12.1 Å². The van der Waals surface area contributed by atoms with E-state index in [1.165, 1.54) is 21.1 Å². The molecule has 1 aromatic heterocycles. The fourth-order valence-electron chi connectivity index (χ4n) is 1.82. The normalized spacial score (nSPS) is 10.4. The van der Waals surface area contributed by atoms with Crippen molar-refractivity contribution in [3.63, 3.8) is 0 Å². The van der Waals surface area contributed by atoms with Crippen molar-refractivity contribution in [2.24, 2.45) is 5.10 Å². The highest BCUT2D eigenvalue weighted by Gasteiger charge is 2.15. The summed E-state index contributed by atoms with van der Waals surface area (Å²) in [6.07, 6.45) is 3.25. The van der Waals surface area contributed by atoms with Gasteiger partial charge in [-0.05, 0) is 24.3 Å². The van der Waals surface area contributed by atoms with Crippen LogP contribution in [0, 0.1) is 0 Å². The molecule has 0 spiro atoms. The molecule has 2 aromatic rings. The van der Waals surface area contributed by atoms with Crippen molar-refractivity contribution >= 4 is 18.0 Å². The Hall–Kier alpha value is -3.09. The van der Waals surface area contributed by atoms with Crippen LogP contribution in [0.25, 0.3) is 0 Å². The van der Waals surface area contributed by atoms with Gasteiger partial charge in [0.25, 0.3) is 0 Å². The number of aromatic nitrogens is 1. The van der Waals surface area contributed by atoms with E-state index in [-0.39, 0.29) is 5.75 Å². The van der Waals surface area contributed by atoms with Gasteiger partial charge in [-0.25, -0.2) is 4.98 Å². The summed E-state index contributed by atoms with van der Waals surface area (Å²) in [6, 6.07) is 8.83. The lowest BCUT2D eigenvalue weighted by atomic mass is 10.2. The fourth-order valence-corrected chi connectivity index (χ4v) is 1.82. The van der Waals surface area contributed by atoms with Crippen LogP contribution in [0.1, 0.15) is 12.5 Å². The first-order valence-electron chi connectivity index (χ1n) is 6.78. The number of nitrogens with one attached hydrogen (secondary N) is 1. The first-order chi connectivity index (χ1) is 11.1. The Morgan fingerprint density at radius 3 is 2.43 bits per heavy atom. The number of carbonyl (C=O) groups excluding carboxylic acids is 1. The Kier molecular flexibility index (Phi) is 5.51. The number of hydrogen-bond acceptors (Lipinski definition) is 7. The van der Waals surface area contributed by atoms with Gasteiger partial charge < -0.3 is 14.2 Å². The van der Waals surface area contributed by atoms with E-state index < -0.39 is 5.97 Å². The number of esters is 1. The van der Waals surface area contributed by atoms with Gasteiger partial charge in [-0.2, -0.15) is 5.10 Å². The Bertz CT molecular complexity index is 677. The zero-order valence-corrected chi connectivity index (χ0v) is 13.1. The Balaban J connectivity index is 2.23. The van der Waals surface area contributed by atoms with Crippen LogP contribution in [0.5, 0.6) is 17.2 Å². The smallest absolute Gasteiger partial charge is 0.308 e. The largest absolute Gasteiger partial charge is 0.493 e. The number of carbonyl (C=O) groups is 1. The molecule has 1 aromatic carbocycles. The Morgan fingerprint density at radius 2 is 1.91 bits per heavy atom. The van der Waals surface area contributed by atoms with Crippen LogP contribution in [-0.2, 0) is 4.79 Å². The molecule has 0 radical (unpaired) electrons. The number of benzene rings is 1. The third-order valence-electron chi connectivity index (χ3n) is 2.79. The Morgan fingerprint density at radius 1 is 1.22 bits per heavy atom. The van der Waals surface area contributed by atoms with Crippen molar-refractivity contribution in [1.29, 1.82) is 0 Å². The predicted octanol–water partition coefficient (Wildman–Crippen LogP) is 2.47. The molecule has 0 fully saturated rings. The topological polar surface area (TPSA) is 82.0 Å². The molecule has 0 saturated carbocycles. The second-order valence-electron chi connectivity index (χ2n) is 4.43. The Labute approximate surface area is 133 Å². The molecule has 1 heterocycles. The molecule has 120 valence electrons. The van der Waals surface area contributed by atoms with Crippen molar-refractivity contribution in [2.75, 3.05) is 19.6 Å². The lowest BCUT2D eigenvalue weighted by Crippen LogP contribution is -2.05. The molecule has 0 aliphatic carbocycles. The summed E-state index contributed by atoms with van der Waals surface area (Å²) < 4.78 is 15.6. The first-order valence-corrected chi connectivity index (χ1v) is 6.78. The summed E-state index contributed by atoms with van der Waals surface area (Å²) in [5.41, 5.74) is 3.51. The average Bonchev–Trinajstić information content (AvgIpc) is 2.56. The van der Waals surface area contributed by atoms with Gasteiger partial charge in [0.15, 0.2) is 11.5 Å². The van der Waals surface area contributed by atoms with Crippen molar-refractivity contribution in [2.45, 2.75) is 6.92 Å². The summed E-state index contributed by atoms with van der Waals surface area (Å²) in [7, 11) is 2.96. The zero-order valence-electron chi connectivity index (χ0n) is 13.1. The van der Waals surface area contributed by atoms with Crippen LogP contribution in [0.15, 0.2) is 41.6 Å². The van der Waals surface area contributed by atoms with Gasteiger partial charge in [0.1, 0.15) is 5.82 Å².